The molecule has 0 aliphatic carbocycles. The van der Waals surface area contributed by atoms with Crippen LogP contribution in [0.4, 0.5) is 5.69 Å². The Kier molecular flexibility index (Phi) is 5.64. The minimum atomic E-state index is -0.340. The fourth-order valence-corrected chi connectivity index (χ4v) is 3.53. The fourth-order valence-electron chi connectivity index (χ4n) is 3.53. The highest BCUT2D eigenvalue weighted by Gasteiger charge is 2.38. The maximum atomic E-state index is 13.1. The number of amides is 2. The van der Waals surface area contributed by atoms with E-state index in [0.29, 0.717) is 30.0 Å². The van der Waals surface area contributed by atoms with E-state index in [9.17, 15) is 9.59 Å². The molecule has 27 heavy (non-hydrogen) atoms. The second kappa shape index (κ2) is 8.12. The summed E-state index contributed by atoms with van der Waals surface area (Å²) < 4.78 is 10.5. The third-order valence-electron chi connectivity index (χ3n) is 4.96. The van der Waals surface area contributed by atoms with E-state index in [1.54, 1.807) is 44.4 Å². The number of carbonyl (C=O) groups is 2. The Morgan fingerprint density at radius 3 is 2.30 bits per heavy atom. The maximum Gasteiger partial charge on any atom is 0.229 e. The molecule has 1 saturated heterocycles. The second-order valence-electron chi connectivity index (χ2n) is 6.60. The number of carbonyl (C=O) groups excluding carboxylic acids is 2. The van der Waals surface area contributed by atoms with Crippen LogP contribution in [0.5, 0.6) is 11.5 Å². The molecule has 0 radical (unpaired) electrons. The predicted molar refractivity (Wildman–Crippen MR) is 103 cm³/mol. The highest BCUT2D eigenvalue weighted by atomic mass is 16.5. The number of benzene rings is 2. The summed E-state index contributed by atoms with van der Waals surface area (Å²) in [4.78, 5) is 27.0. The summed E-state index contributed by atoms with van der Waals surface area (Å²) in [5.41, 5.74) is 1.55. The van der Waals surface area contributed by atoms with Crippen molar-refractivity contribution in [3.05, 3.63) is 54.1 Å². The Labute approximate surface area is 159 Å². The molecule has 0 aromatic heterocycles. The van der Waals surface area contributed by atoms with Crippen LogP contribution in [0.1, 0.15) is 24.4 Å². The minimum Gasteiger partial charge on any atom is -0.497 e. The van der Waals surface area contributed by atoms with Gasteiger partial charge in [0, 0.05) is 37.4 Å². The van der Waals surface area contributed by atoms with Gasteiger partial charge in [-0.25, -0.2) is 0 Å². The highest BCUT2D eigenvalue weighted by molar-refractivity contribution is 5.95. The molecule has 142 valence electrons. The normalized spacial score (nSPS) is 19.5. The van der Waals surface area contributed by atoms with Crippen molar-refractivity contribution >= 4 is 17.5 Å². The third-order valence-corrected chi connectivity index (χ3v) is 4.96. The van der Waals surface area contributed by atoms with E-state index < -0.39 is 0 Å². The van der Waals surface area contributed by atoms with Crippen molar-refractivity contribution in [2.45, 2.75) is 18.9 Å². The Balaban J connectivity index is 1.87. The molecular formula is C21H24N2O4. The van der Waals surface area contributed by atoms with Crippen molar-refractivity contribution in [3.63, 3.8) is 0 Å². The van der Waals surface area contributed by atoms with Gasteiger partial charge < -0.3 is 19.7 Å². The first kappa shape index (κ1) is 18.8. The van der Waals surface area contributed by atoms with Crippen LogP contribution < -0.4 is 14.8 Å². The van der Waals surface area contributed by atoms with E-state index in [4.69, 9.17) is 9.47 Å². The maximum absolute atomic E-state index is 13.1. The van der Waals surface area contributed by atoms with Crippen molar-refractivity contribution < 1.29 is 19.1 Å². The molecule has 0 bridgehead atoms. The first-order chi connectivity index (χ1) is 13.0. The average molecular weight is 368 g/mol. The van der Waals surface area contributed by atoms with Crippen LogP contribution in [0.25, 0.3) is 0 Å². The van der Waals surface area contributed by atoms with Crippen LogP contribution in [-0.4, -0.2) is 38.0 Å². The molecule has 2 atom stereocenters. The number of piperidine rings is 1. The largest absolute Gasteiger partial charge is 0.497 e. The van der Waals surface area contributed by atoms with Crippen molar-refractivity contribution in [2.24, 2.45) is 5.92 Å². The molecule has 1 N–H and O–H groups in total. The van der Waals surface area contributed by atoms with Gasteiger partial charge in [0.25, 0.3) is 0 Å². The molecule has 3 rings (SSSR count). The summed E-state index contributed by atoms with van der Waals surface area (Å²) in [6.45, 7) is 0. The molecule has 6 heteroatoms. The zero-order chi connectivity index (χ0) is 19.4. The summed E-state index contributed by atoms with van der Waals surface area (Å²) >= 11 is 0. The summed E-state index contributed by atoms with van der Waals surface area (Å²) in [5, 5.41) is 2.96. The second-order valence-corrected chi connectivity index (χ2v) is 6.60. The molecule has 1 heterocycles. The first-order valence-corrected chi connectivity index (χ1v) is 8.88. The van der Waals surface area contributed by atoms with Crippen molar-refractivity contribution in [3.8, 4) is 11.5 Å². The predicted octanol–water partition coefficient (Wildman–Crippen LogP) is 3.25. The summed E-state index contributed by atoms with van der Waals surface area (Å²) in [6, 6.07) is 14.6. The Morgan fingerprint density at radius 1 is 1.07 bits per heavy atom. The molecule has 6 nitrogen and oxygen atoms in total. The van der Waals surface area contributed by atoms with Gasteiger partial charge in [-0.3, -0.25) is 9.59 Å². The molecule has 0 saturated carbocycles. The average Bonchev–Trinajstić information content (AvgIpc) is 2.70. The topological polar surface area (TPSA) is 67.9 Å². The molecule has 1 aliphatic heterocycles. The quantitative estimate of drug-likeness (QED) is 0.880. The number of nitrogens with zero attached hydrogens (tertiary/aromatic N) is 1. The van der Waals surface area contributed by atoms with Crippen molar-refractivity contribution in [1.82, 2.24) is 4.90 Å². The van der Waals surface area contributed by atoms with Gasteiger partial charge in [-0.1, -0.05) is 30.3 Å². The lowest BCUT2D eigenvalue weighted by molar-refractivity contribution is -0.140. The zero-order valence-corrected chi connectivity index (χ0v) is 15.8. The number of rotatable bonds is 5. The third kappa shape index (κ3) is 4.05. The molecule has 2 aromatic rings. The van der Waals surface area contributed by atoms with Crippen molar-refractivity contribution in [2.75, 3.05) is 26.6 Å². The number of methoxy groups -OCH3 is 2. The van der Waals surface area contributed by atoms with Gasteiger partial charge in [0.15, 0.2) is 0 Å². The number of likely N-dealkylation sites (tertiary alicyclic amines) is 1. The Hall–Kier alpha value is -3.02. The Bertz CT molecular complexity index is 800. The van der Waals surface area contributed by atoms with Crippen molar-refractivity contribution in [1.29, 1.82) is 0 Å². The molecule has 0 unspecified atom stereocenters. The highest BCUT2D eigenvalue weighted by Crippen LogP contribution is 2.37. The van der Waals surface area contributed by atoms with E-state index in [1.807, 2.05) is 30.3 Å². The van der Waals surface area contributed by atoms with Gasteiger partial charge in [0.2, 0.25) is 11.8 Å². The standard InChI is InChI=1S/C21H24N2O4/c1-23-19(24)10-9-18(20(23)14-7-5-4-6-8-14)21(25)22-15-11-16(26-2)13-17(12-15)27-3/h4-8,11-13,18,20H,9-10H2,1-3H3,(H,22,25)/t18-,20+/m0/s1. The number of anilines is 1. The van der Waals surface area contributed by atoms with E-state index >= 15 is 0 Å². The monoisotopic (exact) mass is 368 g/mol. The number of nitrogens with one attached hydrogen (secondary N) is 1. The first-order valence-electron chi connectivity index (χ1n) is 8.88. The molecular weight excluding hydrogens is 344 g/mol. The fraction of sp³-hybridized carbons (Fsp3) is 0.333. The molecule has 1 aliphatic rings. The van der Waals surface area contributed by atoms with Gasteiger partial charge in [0.05, 0.1) is 26.2 Å². The van der Waals surface area contributed by atoms with Crippen LogP contribution in [-0.2, 0) is 9.59 Å². The van der Waals surface area contributed by atoms with Gasteiger partial charge in [-0.2, -0.15) is 0 Å². The number of hydrogen-bond acceptors (Lipinski definition) is 4. The lowest BCUT2D eigenvalue weighted by Crippen LogP contribution is -2.44. The van der Waals surface area contributed by atoms with Gasteiger partial charge in [-0.05, 0) is 12.0 Å². The SMILES string of the molecule is COc1cc(NC(=O)[C@H]2CCC(=O)N(C)[C@@H]2c2ccccc2)cc(OC)c1. The number of ether oxygens (including phenoxy) is 2. The lowest BCUT2D eigenvalue weighted by atomic mass is 9.84. The van der Waals surface area contributed by atoms with Crippen LogP contribution in [0.2, 0.25) is 0 Å². The summed E-state index contributed by atoms with van der Waals surface area (Å²) in [7, 11) is 4.88. The summed E-state index contributed by atoms with van der Waals surface area (Å²) in [6.07, 6.45) is 0.870. The van der Waals surface area contributed by atoms with Crippen LogP contribution in [0, 0.1) is 5.92 Å². The summed E-state index contributed by atoms with van der Waals surface area (Å²) in [5.74, 6) is 0.780. The van der Waals surface area contributed by atoms with E-state index in [-0.39, 0.29) is 23.8 Å². The zero-order valence-electron chi connectivity index (χ0n) is 15.8. The smallest absolute Gasteiger partial charge is 0.229 e. The Morgan fingerprint density at radius 2 is 1.70 bits per heavy atom. The minimum absolute atomic E-state index is 0.0518. The molecule has 2 amide bonds. The van der Waals surface area contributed by atoms with Gasteiger partial charge in [-0.15, -0.1) is 0 Å². The number of hydrogen-bond donors (Lipinski definition) is 1. The van der Waals surface area contributed by atoms with Crippen LogP contribution in [0.3, 0.4) is 0 Å². The van der Waals surface area contributed by atoms with Crippen LogP contribution >= 0.6 is 0 Å². The van der Waals surface area contributed by atoms with E-state index in [1.165, 1.54) is 0 Å². The molecule has 0 spiro atoms. The lowest BCUT2D eigenvalue weighted by Gasteiger charge is -2.38. The van der Waals surface area contributed by atoms with E-state index in [0.717, 1.165) is 5.56 Å². The van der Waals surface area contributed by atoms with Gasteiger partial charge >= 0.3 is 0 Å². The van der Waals surface area contributed by atoms with Crippen LogP contribution in [0.15, 0.2) is 48.5 Å². The van der Waals surface area contributed by atoms with Gasteiger partial charge in [0.1, 0.15) is 11.5 Å². The molecule has 2 aromatic carbocycles. The van der Waals surface area contributed by atoms with E-state index in [2.05, 4.69) is 5.32 Å². The molecule has 1 fully saturated rings.